The molecule has 0 unspecified atom stereocenters. The maximum atomic E-state index is 12.3. The summed E-state index contributed by atoms with van der Waals surface area (Å²) in [6.45, 7) is 0. The predicted octanol–water partition coefficient (Wildman–Crippen LogP) is 3.95. The SMILES string of the molecule is FC(F)(F)c1nc(CBr)sc1CBr. The second-order valence-corrected chi connectivity index (χ2v) is 4.43. The van der Waals surface area contributed by atoms with Gasteiger partial charge in [0.25, 0.3) is 0 Å². The fourth-order valence-electron chi connectivity index (χ4n) is 0.770. The average molecular weight is 339 g/mol. The second-order valence-electron chi connectivity index (χ2n) is 2.14. The average Bonchev–Trinajstić information content (AvgIpc) is 2.46. The molecule has 0 fully saturated rings. The lowest BCUT2D eigenvalue weighted by atomic mass is 10.4. The minimum atomic E-state index is -4.35. The van der Waals surface area contributed by atoms with Gasteiger partial charge in [0.1, 0.15) is 5.01 Å². The van der Waals surface area contributed by atoms with Crippen LogP contribution in [-0.2, 0) is 16.8 Å². The van der Waals surface area contributed by atoms with Crippen molar-refractivity contribution in [1.82, 2.24) is 4.98 Å². The Morgan fingerprint density at radius 1 is 1.23 bits per heavy atom. The molecule has 0 aromatic carbocycles. The summed E-state index contributed by atoms with van der Waals surface area (Å²) in [7, 11) is 0. The fourth-order valence-corrected chi connectivity index (χ4v) is 2.64. The van der Waals surface area contributed by atoms with E-state index in [2.05, 4.69) is 36.8 Å². The molecule has 1 rings (SSSR count). The largest absolute Gasteiger partial charge is 0.434 e. The van der Waals surface area contributed by atoms with Crippen molar-refractivity contribution in [3.63, 3.8) is 0 Å². The summed E-state index contributed by atoms with van der Waals surface area (Å²) in [5.74, 6) is 0. The third kappa shape index (κ3) is 2.66. The van der Waals surface area contributed by atoms with Crippen LogP contribution in [0.15, 0.2) is 0 Å². The molecule has 0 N–H and O–H groups in total. The molecule has 0 aliphatic rings. The zero-order valence-corrected chi connectivity index (χ0v) is 10.1. The Bertz CT molecular complexity index is 297. The Balaban J connectivity index is 3.11. The van der Waals surface area contributed by atoms with E-state index in [1.54, 1.807) is 0 Å². The molecule has 0 radical (unpaired) electrons. The van der Waals surface area contributed by atoms with Crippen LogP contribution < -0.4 is 0 Å². The third-order valence-corrected chi connectivity index (χ3v) is 4.14. The highest BCUT2D eigenvalue weighted by molar-refractivity contribution is 9.08. The first-order valence-electron chi connectivity index (χ1n) is 3.16. The highest BCUT2D eigenvalue weighted by atomic mass is 79.9. The lowest BCUT2D eigenvalue weighted by molar-refractivity contribution is -0.141. The van der Waals surface area contributed by atoms with Gasteiger partial charge in [-0.1, -0.05) is 31.9 Å². The van der Waals surface area contributed by atoms with Gasteiger partial charge in [0, 0.05) is 10.2 Å². The van der Waals surface area contributed by atoms with Crippen molar-refractivity contribution in [2.75, 3.05) is 0 Å². The number of halogens is 5. The van der Waals surface area contributed by atoms with Crippen LogP contribution in [0.25, 0.3) is 0 Å². The van der Waals surface area contributed by atoms with Gasteiger partial charge in [0.15, 0.2) is 5.69 Å². The van der Waals surface area contributed by atoms with Crippen LogP contribution in [0.5, 0.6) is 0 Å². The van der Waals surface area contributed by atoms with E-state index in [9.17, 15) is 13.2 Å². The molecule has 1 aromatic heterocycles. The molecule has 0 saturated carbocycles. The van der Waals surface area contributed by atoms with E-state index in [1.807, 2.05) is 0 Å². The van der Waals surface area contributed by atoms with Crippen molar-refractivity contribution in [2.45, 2.75) is 16.8 Å². The Kier molecular flexibility index (Phi) is 3.76. The molecule has 0 aliphatic heterocycles. The predicted molar refractivity (Wildman–Crippen MR) is 52.4 cm³/mol. The summed E-state index contributed by atoms with van der Waals surface area (Å²) in [6.07, 6.45) is -4.35. The number of aromatic nitrogens is 1. The molecule has 1 heterocycles. The quantitative estimate of drug-likeness (QED) is 0.744. The zero-order chi connectivity index (χ0) is 10.1. The standard InChI is InChI=1S/C6H4Br2F3NS/c7-1-3-5(6(9,10)11)12-4(2-8)13-3/h1-2H2. The van der Waals surface area contributed by atoms with E-state index in [0.29, 0.717) is 10.3 Å². The molecule has 1 aromatic rings. The van der Waals surface area contributed by atoms with Gasteiger partial charge in [-0.25, -0.2) is 4.98 Å². The first-order chi connectivity index (χ1) is 5.99. The van der Waals surface area contributed by atoms with Gasteiger partial charge < -0.3 is 0 Å². The summed E-state index contributed by atoms with van der Waals surface area (Å²) >= 11 is 7.13. The highest BCUT2D eigenvalue weighted by Gasteiger charge is 2.36. The second kappa shape index (κ2) is 4.27. The molecule has 0 aliphatic carbocycles. The molecule has 0 amide bonds. The molecule has 13 heavy (non-hydrogen) atoms. The number of hydrogen-bond donors (Lipinski definition) is 0. The fraction of sp³-hybridized carbons (Fsp3) is 0.500. The molecule has 7 heteroatoms. The first kappa shape index (κ1) is 11.5. The third-order valence-electron chi connectivity index (χ3n) is 1.25. The van der Waals surface area contributed by atoms with Crippen LogP contribution in [0.4, 0.5) is 13.2 Å². The Morgan fingerprint density at radius 3 is 2.15 bits per heavy atom. The number of rotatable bonds is 2. The molecule has 0 bridgehead atoms. The van der Waals surface area contributed by atoms with Gasteiger partial charge in [0.05, 0.1) is 5.33 Å². The summed E-state index contributed by atoms with van der Waals surface area (Å²) in [5, 5.41) is 0.988. The Hall–Kier alpha value is 0.380. The summed E-state index contributed by atoms with van der Waals surface area (Å²) in [5.41, 5.74) is -0.774. The molecular formula is C6H4Br2F3NS. The molecule has 0 atom stereocenters. The van der Waals surface area contributed by atoms with E-state index >= 15 is 0 Å². The number of nitrogens with zero attached hydrogens (tertiary/aromatic N) is 1. The van der Waals surface area contributed by atoms with E-state index in [4.69, 9.17) is 0 Å². The minimum absolute atomic E-state index is 0.187. The lowest BCUT2D eigenvalue weighted by Crippen LogP contribution is -2.07. The van der Waals surface area contributed by atoms with Crippen LogP contribution in [-0.4, -0.2) is 4.98 Å². The summed E-state index contributed by atoms with van der Waals surface area (Å²) < 4.78 is 36.9. The van der Waals surface area contributed by atoms with Crippen molar-refractivity contribution in [2.24, 2.45) is 0 Å². The van der Waals surface area contributed by atoms with Crippen molar-refractivity contribution in [3.05, 3.63) is 15.6 Å². The first-order valence-corrected chi connectivity index (χ1v) is 6.22. The molecule has 0 saturated heterocycles. The smallest absolute Gasteiger partial charge is 0.235 e. The van der Waals surface area contributed by atoms with Gasteiger partial charge in [-0.2, -0.15) is 13.2 Å². The van der Waals surface area contributed by atoms with E-state index in [1.165, 1.54) is 0 Å². The Morgan fingerprint density at radius 2 is 1.85 bits per heavy atom. The summed E-state index contributed by atoms with van der Waals surface area (Å²) in [6, 6.07) is 0. The highest BCUT2D eigenvalue weighted by Crippen LogP contribution is 2.35. The maximum absolute atomic E-state index is 12.3. The van der Waals surface area contributed by atoms with E-state index in [0.717, 1.165) is 11.3 Å². The van der Waals surface area contributed by atoms with Crippen LogP contribution in [0, 0.1) is 0 Å². The van der Waals surface area contributed by atoms with Crippen LogP contribution >= 0.6 is 43.2 Å². The number of alkyl halides is 5. The number of thiazole rings is 1. The van der Waals surface area contributed by atoms with Crippen molar-refractivity contribution >= 4 is 43.2 Å². The molecule has 0 spiro atoms. The van der Waals surface area contributed by atoms with E-state index in [-0.39, 0.29) is 10.2 Å². The lowest BCUT2D eigenvalue weighted by Gasteiger charge is -2.02. The monoisotopic (exact) mass is 337 g/mol. The van der Waals surface area contributed by atoms with Gasteiger partial charge in [-0.05, 0) is 0 Å². The van der Waals surface area contributed by atoms with Crippen LogP contribution in [0.1, 0.15) is 15.6 Å². The van der Waals surface area contributed by atoms with Gasteiger partial charge in [-0.15, -0.1) is 11.3 Å². The normalized spacial score (nSPS) is 12.1. The molecule has 1 nitrogen and oxygen atoms in total. The summed E-state index contributed by atoms with van der Waals surface area (Å²) in [4.78, 5) is 3.71. The Labute approximate surface area is 93.6 Å². The van der Waals surface area contributed by atoms with Crippen molar-refractivity contribution in [1.29, 1.82) is 0 Å². The van der Waals surface area contributed by atoms with Crippen molar-refractivity contribution in [3.8, 4) is 0 Å². The van der Waals surface area contributed by atoms with Gasteiger partial charge in [0.2, 0.25) is 0 Å². The van der Waals surface area contributed by atoms with Crippen LogP contribution in [0.2, 0.25) is 0 Å². The van der Waals surface area contributed by atoms with Gasteiger partial charge >= 0.3 is 6.18 Å². The van der Waals surface area contributed by atoms with Crippen LogP contribution in [0.3, 0.4) is 0 Å². The number of hydrogen-bond acceptors (Lipinski definition) is 2. The van der Waals surface area contributed by atoms with Crippen molar-refractivity contribution < 1.29 is 13.2 Å². The topological polar surface area (TPSA) is 12.9 Å². The maximum Gasteiger partial charge on any atom is 0.434 e. The molecule has 74 valence electrons. The molecular weight excluding hydrogens is 335 g/mol. The van der Waals surface area contributed by atoms with E-state index < -0.39 is 11.9 Å². The minimum Gasteiger partial charge on any atom is -0.235 e. The zero-order valence-electron chi connectivity index (χ0n) is 6.16. The van der Waals surface area contributed by atoms with Gasteiger partial charge in [-0.3, -0.25) is 0 Å².